The molecule has 4 aliphatic carbocycles. The van der Waals surface area contributed by atoms with Crippen molar-refractivity contribution < 1.29 is 80.2 Å². The Morgan fingerprint density at radius 3 is 1.92 bits per heavy atom. The van der Waals surface area contributed by atoms with Crippen molar-refractivity contribution in [3.63, 3.8) is 0 Å². The van der Waals surface area contributed by atoms with Gasteiger partial charge in [0.2, 0.25) is 70.9 Å². The maximum Gasteiger partial charge on any atom is 0.394 e. The van der Waals surface area contributed by atoms with Gasteiger partial charge in [-0.1, -0.05) is 105 Å². The van der Waals surface area contributed by atoms with Crippen molar-refractivity contribution in [3.8, 4) is 0 Å². The zero-order valence-electron chi connectivity index (χ0n) is 65.9. The molecule has 4 saturated carbocycles. The Kier molecular flexibility index (Phi) is 31.3. The molecule has 0 aromatic rings. The molecule has 2 bridgehead atoms. The number of rotatable bonds is 14. The number of alkyl halides is 3. The molecule has 0 radical (unpaired) electrons. The monoisotopic (exact) mass is 1500 g/mol. The van der Waals surface area contributed by atoms with Crippen molar-refractivity contribution in [2.24, 2.45) is 41.4 Å². The minimum Gasteiger partial charge on any atom is -0.381 e. The van der Waals surface area contributed by atoms with E-state index in [1.807, 2.05) is 26.8 Å². The van der Waals surface area contributed by atoms with Gasteiger partial charge in [-0.2, -0.15) is 13.2 Å². The molecule has 6 fully saturated rings. The van der Waals surface area contributed by atoms with Gasteiger partial charge in [0.25, 0.3) is 0 Å². The number of halogens is 3. The highest BCUT2D eigenvalue weighted by Gasteiger charge is 2.53. The topological polar surface area (TPSA) is 289 Å². The number of amides is 12. The van der Waals surface area contributed by atoms with Crippen molar-refractivity contribution in [1.29, 1.82) is 0 Å². The third-order valence-electron chi connectivity index (χ3n) is 24.3. The molecule has 12 amide bonds. The number of nitrogens with one attached hydrogen (secondary N) is 3. The van der Waals surface area contributed by atoms with E-state index in [2.05, 4.69) is 22.9 Å². The molecule has 0 aromatic heterocycles. The lowest BCUT2D eigenvalue weighted by Crippen LogP contribution is -2.65. The number of ether oxygens (including phenoxy) is 2. The van der Waals surface area contributed by atoms with E-state index in [1.165, 1.54) is 108 Å². The number of fused-ring (bicyclic) bond motifs is 3. The summed E-state index contributed by atoms with van der Waals surface area (Å²) in [6.07, 6.45) is 4.92. The van der Waals surface area contributed by atoms with Gasteiger partial charge in [0, 0.05) is 89.6 Å². The Morgan fingerprint density at radius 1 is 0.670 bits per heavy atom. The van der Waals surface area contributed by atoms with E-state index in [0.29, 0.717) is 44.4 Å². The van der Waals surface area contributed by atoms with Gasteiger partial charge in [-0.25, -0.2) is 0 Å². The number of methoxy groups -OCH3 is 1. The number of carbonyl (C=O) groups is 12. The van der Waals surface area contributed by atoms with Crippen LogP contribution in [0.3, 0.4) is 0 Å². The van der Waals surface area contributed by atoms with Gasteiger partial charge in [0.1, 0.15) is 53.9 Å². The van der Waals surface area contributed by atoms with Gasteiger partial charge in [0.05, 0.1) is 37.6 Å². The Labute approximate surface area is 626 Å². The minimum absolute atomic E-state index is 0.00395. The van der Waals surface area contributed by atoms with Crippen molar-refractivity contribution in [1.82, 2.24) is 60.0 Å². The largest absolute Gasteiger partial charge is 0.394 e. The summed E-state index contributed by atoms with van der Waals surface area (Å²) in [7, 11) is 12.8. The zero-order chi connectivity index (χ0) is 78.4. The summed E-state index contributed by atoms with van der Waals surface area (Å²) in [5.74, 6) is -10.5. The molecule has 26 nitrogen and oxygen atoms in total. The van der Waals surface area contributed by atoms with Crippen molar-refractivity contribution >= 4 is 70.9 Å². The van der Waals surface area contributed by atoms with Crippen LogP contribution in [0.4, 0.5) is 13.2 Å². The lowest BCUT2D eigenvalue weighted by molar-refractivity contribution is -0.215. The highest BCUT2D eigenvalue weighted by Crippen LogP contribution is 2.43. The molecular weight excluding hydrogens is 1370 g/mol. The van der Waals surface area contributed by atoms with Crippen LogP contribution >= 0.6 is 0 Å². The fourth-order valence-electron chi connectivity index (χ4n) is 17.5. The molecule has 7 rings (SSSR count). The van der Waals surface area contributed by atoms with Gasteiger partial charge < -0.3 is 69.5 Å². The predicted octanol–water partition coefficient (Wildman–Crippen LogP) is 5.93. The normalized spacial score (nSPS) is 31.6. The van der Waals surface area contributed by atoms with Crippen LogP contribution in [0.2, 0.25) is 0 Å². The standard InChI is InChI=1S/C77H125F3N12O14/c1-16-49(6)65-73(102)86(10)46-64(95)87(11)56-27-19-18-24-38-91(72(56)101)60(40-50-30-28-48(5)29-31-50)71(100)85(9)45-62(93)81-55(35-33-51-32-34-54(77(78,79)80)61(41-51)105-15)69(98)92-44-53(106-17-2)42-58(92)68(97)83-76(36-22-23-37-76)75(104)90(14)66(52-25-20-21-26-52)74(103)89(13)59(70(99)84(7)8)43-63(94)88(12)57(39-47(3)4)67(96)82-65/h18-19,47-61,65-66H,16-17,20-46H2,1-15H3,(H,81,93)(H,82,96)(H,83,97)/b19-18-/t48?,49-,50?,51?,53+,54?,55-,56-,57-,58-,59-,60-,61?,65-,66-/m0/s1. The first kappa shape index (κ1) is 86.3. The summed E-state index contributed by atoms with van der Waals surface area (Å²) >= 11 is 0. The van der Waals surface area contributed by atoms with Gasteiger partial charge in [0.15, 0.2) is 0 Å². The summed E-state index contributed by atoms with van der Waals surface area (Å²) in [5, 5.41) is 8.91. The van der Waals surface area contributed by atoms with Gasteiger partial charge in [-0.15, -0.1) is 0 Å². The number of hydrogen-bond donors (Lipinski definition) is 3. The van der Waals surface area contributed by atoms with E-state index in [0.717, 1.165) is 38.5 Å². The number of nitrogens with zero attached hydrogens (tertiary/aromatic N) is 9. The molecule has 1 spiro atoms. The van der Waals surface area contributed by atoms with E-state index in [1.54, 1.807) is 19.9 Å². The third-order valence-corrected chi connectivity index (χ3v) is 24.3. The maximum absolute atomic E-state index is 15.8. The summed E-state index contributed by atoms with van der Waals surface area (Å²) in [6.45, 7) is 10.2. The fraction of sp³-hybridized carbons (Fsp3) is 0.818. The van der Waals surface area contributed by atoms with E-state index >= 15 is 28.8 Å². The molecule has 29 heteroatoms. The van der Waals surface area contributed by atoms with Gasteiger partial charge in [-0.05, 0) is 126 Å². The SMILES string of the molecule is CCO[C@@H]1C[C@H]2C(=O)NC3(CCCC3)C(=O)N(C)[C@@H](C3CCCC3)C(=O)N(C)[C@H](C(=O)N(C)C)CC(=O)N(C)[C@@H](CC(C)C)C(=O)N[C@@H]([C@@H](C)CC)C(=O)N(C)CC(=O)N(C)[C@H]3C/C=C\CCN(C3=O)[C@@H](CC3CCC(C)CC3)C(=O)N(C)CC(=O)N[C@@H](CCC3CCC(C(F)(F)F)C(OC)C3)C(=O)N2C1. The van der Waals surface area contributed by atoms with Crippen molar-refractivity contribution in [3.05, 3.63) is 12.2 Å². The van der Waals surface area contributed by atoms with E-state index in [-0.39, 0.29) is 108 Å². The molecule has 106 heavy (non-hydrogen) atoms. The van der Waals surface area contributed by atoms with E-state index in [4.69, 9.17) is 9.47 Å². The van der Waals surface area contributed by atoms with Crippen LogP contribution in [0.1, 0.15) is 196 Å². The van der Waals surface area contributed by atoms with Crippen LogP contribution in [-0.4, -0.2) is 284 Å². The lowest BCUT2D eigenvalue weighted by Gasteiger charge is -2.42. The quantitative estimate of drug-likeness (QED) is 0.170. The van der Waals surface area contributed by atoms with Crippen LogP contribution in [0, 0.1) is 41.4 Å². The van der Waals surface area contributed by atoms with E-state index in [9.17, 15) is 41.9 Å². The first-order chi connectivity index (χ1) is 50.0. The molecule has 0 aromatic carbocycles. The van der Waals surface area contributed by atoms with Crippen LogP contribution in [0.25, 0.3) is 0 Å². The van der Waals surface area contributed by atoms with Gasteiger partial charge >= 0.3 is 6.18 Å². The third kappa shape index (κ3) is 21.3. The second kappa shape index (κ2) is 38.4. The van der Waals surface area contributed by atoms with Crippen LogP contribution in [-0.2, 0) is 67.0 Å². The van der Waals surface area contributed by atoms with Crippen LogP contribution in [0.15, 0.2) is 12.2 Å². The Bertz CT molecular complexity index is 3120. The molecule has 3 heterocycles. The summed E-state index contributed by atoms with van der Waals surface area (Å²) < 4.78 is 54.5. The second-order valence-corrected chi connectivity index (χ2v) is 32.5. The Hall–Kier alpha value is -6.91. The maximum atomic E-state index is 15.8. The zero-order valence-corrected chi connectivity index (χ0v) is 65.9. The number of hydrogen-bond acceptors (Lipinski definition) is 14. The molecule has 3 aliphatic heterocycles. The average molecular weight is 1500 g/mol. The highest BCUT2D eigenvalue weighted by molar-refractivity contribution is 6.01. The summed E-state index contributed by atoms with van der Waals surface area (Å²) in [6, 6.07) is -10.1. The predicted molar refractivity (Wildman–Crippen MR) is 391 cm³/mol. The summed E-state index contributed by atoms with van der Waals surface area (Å²) in [5.41, 5.74) is -1.61. The molecule has 2 saturated heterocycles. The molecule has 3 unspecified atom stereocenters. The lowest BCUT2D eigenvalue weighted by atomic mass is 9.77. The fourth-order valence-corrected chi connectivity index (χ4v) is 17.5. The first-order valence-corrected chi connectivity index (χ1v) is 39.1. The Morgan fingerprint density at radius 2 is 1.31 bits per heavy atom. The first-order valence-electron chi connectivity index (χ1n) is 39.1. The Balaban J connectivity index is 1.33. The minimum atomic E-state index is -4.52. The van der Waals surface area contributed by atoms with Crippen LogP contribution in [0.5, 0.6) is 0 Å². The van der Waals surface area contributed by atoms with Crippen molar-refractivity contribution in [2.75, 3.05) is 96.3 Å². The molecule has 598 valence electrons. The molecule has 3 N–H and O–H groups in total. The average Bonchev–Trinajstić information content (AvgIpc) is 1.49. The van der Waals surface area contributed by atoms with Crippen LogP contribution < -0.4 is 16.0 Å². The molecular formula is C77H125F3N12O14. The highest BCUT2D eigenvalue weighted by atomic mass is 19.4. The van der Waals surface area contributed by atoms with Gasteiger partial charge in [-0.3, -0.25) is 57.5 Å². The smallest absolute Gasteiger partial charge is 0.381 e. The summed E-state index contributed by atoms with van der Waals surface area (Å²) in [4.78, 5) is 194. The second-order valence-electron chi connectivity index (χ2n) is 32.5. The van der Waals surface area contributed by atoms with Crippen molar-refractivity contribution in [2.45, 2.75) is 268 Å². The number of carbonyl (C=O) groups excluding carboxylic acids is 12. The number of likely N-dealkylation sites (N-methyl/N-ethyl adjacent to an activating group) is 7. The van der Waals surface area contributed by atoms with E-state index < -0.39 is 180 Å². The molecule has 13 atom stereocenters. The molecule has 7 aliphatic rings.